The molecule has 2 saturated heterocycles. The fourth-order valence-corrected chi connectivity index (χ4v) is 9.45. The van der Waals surface area contributed by atoms with E-state index in [2.05, 4.69) is 31.0 Å². The van der Waals surface area contributed by atoms with Gasteiger partial charge in [-0.1, -0.05) is 38.5 Å². The summed E-state index contributed by atoms with van der Waals surface area (Å²) in [4.78, 5) is 47.3. The number of methoxy groups -OCH3 is 3. The average Bonchev–Trinajstić information content (AvgIpc) is 3.61. The molecule has 1 aromatic rings. The average molecular weight is 787 g/mol. The number of carbonyl (C=O) groups excluding carboxylic acids is 3. The highest BCUT2D eigenvalue weighted by Crippen LogP contribution is 2.39. The smallest absolute Gasteiger partial charge is 0.329 e. The summed E-state index contributed by atoms with van der Waals surface area (Å²) in [6.45, 7) is 9.66. The van der Waals surface area contributed by atoms with Gasteiger partial charge in [0, 0.05) is 58.0 Å². The van der Waals surface area contributed by atoms with E-state index in [1.807, 2.05) is 26.1 Å². The molecule has 13 heteroatoms. The van der Waals surface area contributed by atoms with Crippen LogP contribution in [0, 0.1) is 23.7 Å². The van der Waals surface area contributed by atoms with Crippen molar-refractivity contribution in [3.05, 3.63) is 40.7 Å². The summed E-state index contributed by atoms with van der Waals surface area (Å²) >= 11 is 0. The lowest BCUT2D eigenvalue weighted by atomic mass is 9.82. The quantitative estimate of drug-likeness (QED) is 0.188. The Balaban J connectivity index is 1.54. The third-order valence-electron chi connectivity index (χ3n) is 12.8. The number of hydrogen-bond acceptors (Lipinski definition) is 11. The van der Waals surface area contributed by atoms with E-state index in [-0.39, 0.29) is 43.7 Å². The molecule has 56 heavy (non-hydrogen) atoms. The Bertz CT molecular complexity index is 1570. The van der Waals surface area contributed by atoms with Crippen LogP contribution >= 0.6 is 0 Å². The van der Waals surface area contributed by atoms with Crippen molar-refractivity contribution in [1.29, 1.82) is 0 Å². The first-order valence-corrected chi connectivity index (χ1v) is 20.5. The van der Waals surface area contributed by atoms with Gasteiger partial charge in [0.25, 0.3) is 11.7 Å². The molecule has 1 aliphatic carbocycles. The molecule has 2 bridgehead atoms. The number of amides is 1. The number of nitrogens with zero attached hydrogens (tertiary/aromatic N) is 1. The highest BCUT2D eigenvalue weighted by atomic mass is 16.7. The minimum absolute atomic E-state index is 0.0462. The number of H-pyrrole nitrogens is 1. The van der Waals surface area contributed by atoms with Crippen LogP contribution in [0.5, 0.6) is 0 Å². The molecule has 5 rings (SSSR count). The van der Waals surface area contributed by atoms with Gasteiger partial charge in [-0.25, -0.2) is 4.79 Å². The second-order valence-electron chi connectivity index (χ2n) is 17.1. The molecule has 13 atom stereocenters. The number of cyclic esters (lactones) is 1. The summed E-state index contributed by atoms with van der Waals surface area (Å²) in [6.07, 6.45) is 6.50. The molecule has 4 aliphatic rings. The van der Waals surface area contributed by atoms with Crippen LogP contribution in [0.2, 0.25) is 0 Å². The van der Waals surface area contributed by atoms with Crippen molar-refractivity contribution < 1.29 is 53.4 Å². The van der Waals surface area contributed by atoms with Crippen molar-refractivity contribution in [2.75, 3.05) is 27.9 Å². The fourth-order valence-electron chi connectivity index (χ4n) is 9.45. The number of aliphatic hydroxyl groups excluding tert-OH is 2. The maximum Gasteiger partial charge on any atom is 0.329 e. The number of ketones is 1. The van der Waals surface area contributed by atoms with Crippen LogP contribution in [0.1, 0.15) is 104 Å². The van der Waals surface area contributed by atoms with E-state index < -0.39 is 77.9 Å². The van der Waals surface area contributed by atoms with Crippen molar-refractivity contribution in [2.24, 2.45) is 23.7 Å². The largest absolute Gasteiger partial charge is 0.456 e. The van der Waals surface area contributed by atoms with Gasteiger partial charge in [0.15, 0.2) is 0 Å². The van der Waals surface area contributed by atoms with Crippen molar-refractivity contribution in [3.63, 3.8) is 0 Å². The van der Waals surface area contributed by atoms with Crippen molar-refractivity contribution >= 4 is 23.7 Å². The van der Waals surface area contributed by atoms with Gasteiger partial charge < -0.3 is 48.9 Å². The van der Waals surface area contributed by atoms with E-state index in [4.69, 9.17) is 23.7 Å². The number of nitrogens with one attached hydrogen (secondary N) is 1. The zero-order chi connectivity index (χ0) is 40.9. The topological polar surface area (TPSA) is 177 Å². The summed E-state index contributed by atoms with van der Waals surface area (Å²) in [5, 5.41) is 34.3. The van der Waals surface area contributed by atoms with Gasteiger partial charge in [-0.05, 0) is 101 Å². The van der Waals surface area contributed by atoms with Crippen molar-refractivity contribution in [1.82, 2.24) is 9.88 Å². The number of aromatic amines is 1. The number of rotatable bonds is 5. The number of ether oxygens (including phenoxy) is 5. The predicted molar refractivity (Wildman–Crippen MR) is 209 cm³/mol. The van der Waals surface area contributed by atoms with Crippen LogP contribution in [0.15, 0.2) is 29.5 Å². The summed E-state index contributed by atoms with van der Waals surface area (Å²) in [6, 6.07) is 0.894. The Hall–Kier alpha value is -2.91. The molecule has 0 spiro atoms. The monoisotopic (exact) mass is 786 g/mol. The van der Waals surface area contributed by atoms with Gasteiger partial charge in [0.2, 0.25) is 5.79 Å². The number of piperidine rings is 1. The molecule has 0 radical (unpaired) electrons. The maximum atomic E-state index is 14.3. The van der Waals surface area contributed by atoms with Crippen molar-refractivity contribution in [2.45, 2.75) is 153 Å². The SMILES string of the molecule is COC1CC(C=C(C)C2OC(=O)C3CCCCN3C(=O)C(=O)C3(O)OC(C(OC)CC(C)CC(C)=Cc4cc[nH]c4CC(O)C2C)C(OC)CC3C)CCC1O. The molecule has 3 fully saturated rings. The third-order valence-corrected chi connectivity index (χ3v) is 12.8. The Morgan fingerprint density at radius 2 is 1.62 bits per heavy atom. The maximum absolute atomic E-state index is 14.3. The molecule has 1 amide bonds. The number of hydrogen-bond donors (Lipinski definition) is 4. The molecular formula is C43H66N2O11. The van der Waals surface area contributed by atoms with E-state index in [1.54, 1.807) is 28.3 Å². The molecule has 4 N–H and O–H groups in total. The van der Waals surface area contributed by atoms with Gasteiger partial charge in [-0.3, -0.25) is 9.59 Å². The van der Waals surface area contributed by atoms with Gasteiger partial charge in [-0.15, -0.1) is 0 Å². The minimum Gasteiger partial charge on any atom is -0.456 e. The fraction of sp³-hybridized carbons (Fsp3) is 0.744. The van der Waals surface area contributed by atoms with E-state index in [9.17, 15) is 29.7 Å². The molecule has 3 aliphatic heterocycles. The van der Waals surface area contributed by atoms with Gasteiger partial charge >= 0.3 is 5.97 Å². The third kappa shape index (κ3) is 9.85. The Labute approximate surface area is 332 Å². The molecule has 13 nitrogen and oxygen atoms in total. The first kappa shape index (κ1) is 44.2. The normalized spacial score (nSPS) is 38.8. The molecule has 4 heterocycles. The van der Waals surface area contributed by atoms with Crippen LogP contribution in [-0.4, -0.2) is 125 Å². The Kier molecular flexibility index (Phi) is 15.2. The molecule has 0 aromatic carbocycles. The molecule has 13 unspecified atom stereocenters. The molecule has 1 saturated carbocycles. The summed E-state index contributed by atoms with van der Waals surface area (Å²) in [7, 11) is 4.70. The lowest BCUT2D eigenvalue weighted by Crippen LogP contribution is -2.64. The van der Waals surface area contributed by atoms with Crippen LogP contribution in [0.3, 0.4) is 0 Å². The summed E-state index contributed by atoms with van der Waals surface area (Å²) in [5.74, 6) is -6.53. The number of aromatic nitrogens is 1. The highest BCUT2D eigenvalue weighted by Gasteiger charge is 2.56. The number of carbonyl (C=O) groups is 3. The number of esters is 1. The zero-order valence-corrected chi connectivity index (χ0v) is 34.6. The molecule has 314 valence electrons. The predicted octanol–water partition coefficient (Wildman–Crippen LogP) is 4.52. The second kappa shape index (κ2) is 19.2. The second-order valence-corrected chi connectivity index (χ2v) is 17.1. The number of allylic oxidation sites excluding steroid dienone is 2. The highest BCUT2D eigenvalue weighted by molar-refractivity contribution is 6.39. The number of Topliss-reactive ketones (excluding diaryl/α,β-unsaturated/α-hetero) is 1. The Morgan fingerprint density at radius 1 is 0.929 bits per heavy atom. The van der Waals surface area contributed by atoms with Crippen molar-refractivity contribution in [3.8, 4) is 0 Å². The molecular weight excluding hydrogens is 720 g/mol. The van der Waals surface area contributed by atoms with Crippen LogP contribution in [0.25, 0.3) is 6.08 Å². The zero-order valence-electron chi connectivity index (χ0n) is 34.6. The first-order chi connectivity index (χ1) is 26.6. The minimum atomic E-state index is -2.48. The van der Waals surface area contributed by atoms with Gasteiger partial charge in [-0.2, -0.15) is 0 Å². The van der Waals surface area contributed by atoms with E-state index in [1.165, 1.54) is 4.90 Å². The van der Waals surface area contributed by atoms with E-state index >= 15 is 0 Å². The van der Waals surface area contributed by atoms with Gasteiger partial charge in [0.1, 0.15) is 18.2 Å². The standard InChI is InChI=1S/C43H66N2O11/c1-24-17-25(2)19-36(53-7)39-37(54-8)21-27(4)43(51,56-39)40(48)41(49)45-16-10-9-11-32(45)42(50)55-38(26(3)20-29-12-13-33(46)35(22-29)52-6)28(5)34(47)23-31-30(18-24)14-15-44-31/h14-15,18,20,25,27-29,32-39,44,46-47,51H,9-13,16-17,19,21-23H2,1-8H3. The summed E-state index contributed by atoms with van der Waals surface area (Å²) < 4.78 is 29.9. The van der Waals surface area contributed by atoms with Crippen LogP contribution in [0.4, 0.5) is 0 Å². The Morgan fingerprint density at radius 3 is 2.32 bits per heavy atom. The van der Waals surface area contributed by atoms with Gasteiger partial charge in [0.05, 0.1) is 30.5 Å². The number of aliphatic hydroxyl groups is 3. The lowest BCUT2D eigenvalue weighted by molar-refractivity contribution is -0.302. The lowest BCUT2D eigenvalue weighted by Gasteiger charge is -2.47. The van der Waals surface area contributed by atoms with E-state index in [0.717, 1.165) is 28.8 Å². The van der Waals surface area contributed by atoms with Crippen LogP contribution in [-0.2, 0) is 44.5 Å². The van der Waals surface area contributed by atoms with Crippen LogP contribution < -0.4 is 0 Å². The van der Waals surface area contributed by atoms with E-state index in [0.29, 0.717) is 38.5 Å². The molecule has 1 aromatic heterocycles. The number of fused-ring (bicyclic) bond motifs is 4. The first-order valence-electron chi connectivity index (χ1n) is 20.5. The summed E-state index contributed by atoms with van der Waals surface area (Å²) in [5.41, 5.74) is 3.65.